The number of hydrogen-bond acceptors (Lipinski definition) is 0. The van der Waals surface area contributed by atoms with Gasteiger partial charge in [0.1, 0.15) is 0 Å². The van der Waals surface area contributed by atoms with Crippen LogP contribution >= 0.6 is 0 Å². The van der Waals surface area contributed by atoms with Crippen LogP contribution in [0.25, 0.3) is 87.2 Å². The van der Waals surface area contributed by atoms with Crippen molar-refractivity contribution in [3.05, 3.63) is 241 Å². The van der Waals surface area contributed by atoms with E-state index in [2.05, 4.69) is 218 Å². The van der Waals surface area contributed by atoms with Gasteiger partial charge in [-0.25, -0.2) is 0 Å². The third-order valence-electron chi connectivity index (χ3n) is 12.7. The molecule has 0 fully saturated rings. The summed E-state index contributed by atoms with van der Waals surface area (Å²) in [6.07, 6.45) is 0. The minimum atomic E-state index is -0.449. The highest BCUT2D eigenvalue weighted by molar-refractivity contribution is 6.39. The maximum Gasteiger partial charge on any atom is 0.0713 e. The third kappa shape index (κ3) is 4.56. The molecule has 0 saturated carbocycles. The summed E-state index contributed by atoms with van der Waals surface area (Å²) in [6, 6.07) is 81.4. The van der Waals surface area contributed by atoms with E-state index in [9.17, 15) is 0 Å². The number of hydrogen-bond donors (Lipinski definition) is 0. The first-order valence-electron chi connectivity index (χ1n) is 19.9. The quantitative estimate of drug-likeness (QED) is 0.159. The summed E-state index contributed by atoms with van der Waals surface area (Å²) in [5.41, 5.74) is 12.3. The molecule has 57 heavy (non-hydrogen) atoms. The van der Waals surface area contributed by atoms with Gasteiger partial charge in [0, 0.05) is 0 Å². The molecule has 0 aromatic heterocycles. The van der Waals surface area contributed by atoms with Crippen LogP contribution in [0.5, 0.6) is 0 Å². The second-order valence-electron chi connectivity index (χ2n) is 15.5. The molecule has 0 atom stereocenters. The van der Waals surface area contributed by atoms with Crippen molar-refractivity contribution in [2.24, 2.45) is 0 Å². The molecule has 0 spiro atoms. The van der Waals surface area contributed by atoms with Crippen LogP contribution in [0.3, 0.4) is 0 Å². The van der Waals surface area contributed by atoms with Crippen molar-refractivity contribution in [2.75, 3.05) is 0 Å². The van der Waals surface area contributed by atoms with Crippen LogP contribution in [-0.2, 0) is 5.41 Å². The van der Waals surface area contributed by atoms with E-state index >= 15 is 0 Å². The van der Waals surface area contributed by atoms with Crippen LogP contribution in [0.2, 0.25) is 0 Å². The highest BCUT2D eigenvalue weighted by atomic mass is 14.5. The molecule has 11 aromatic carbocycles. The molecule has 0 heteroatoms. The van der Waals surface area contributed by atoms with Crippen LogP contribution in [0.1, 0.15) is 22.3 Å². The average molecular weight is 721 g/mol. The number of benzene rings is 11. The van der Waals surface area contributed by atoms with E-state index in [1.165, 1.54) is 109 Å². The standard InChI is InChI=1S/C57H36/c1-4-16-37(17-5-1)38-28-31-45-46-32-29-39(35-52(46)56-50-26-13-11-23-44(50)43-22-10-12-25-49(43)55(56)51(45)34-38)40-30-33-48-47-24-14-15-27-53(47)57(54(48)36-40,41-18-6-2-7-19-41)42-20-8-3-9-21-42/h1-36H. The molecule has 12 rings (SSSR count). The summed E-state index contributed by atoms with van der Waals surface area (Å²) in [7, 11) is 0. The Kier molecular flexibility index (Phi) is 6.94. The van der Waals surface area contributed by atoms with Crippen molar-refractivity contribution in [2.45, 2.75) is 5.41 Å². The zero-order chi connectivity index (χ0) is 37.5. The lowest BCUT2D eigenvalue weighted by atomic mass is 9.67. The first-order chi connectivity index (χ1) is 28.3. The van der Waals surface area contributed by atoms with Crippen molar-refractivity contribution in [1.82, 2.24) is 0 Å². The Hall–Kier alpha value is -7.28. The summed E-state index contributed by atoms with van der Waals surface area (Å²) in [5.74, 6) is 0. The minimum absolute atomic E-state index is 0.449. The minimum Gasteiger partial charge on any atom is -0.0622 e. The molecule has 1 aliphatic rings. The molecule has 0 bridgehead atoms. The third-order valence-corrected chi connectivity index (χ3v) is 12.7. The van der Waals surface area contributed by atoms with E-state index in [1.807, 2.05) is 0 Å². The van der Waals surface area contributed by atoms with Crippen LogP contribution in [0.4, 0.5) is 0 Å². The molecule has 0 aliphatic heterocycles. The number of rotatable bonds is 4. The van der Waals surface area contributed by atoms with Crippen molar-refractivity contribution in [3.63, 3.8) is 0 Å². The van der Waals surface area contributed by atoms with E-state index in [0.717, 1.165) is 0 Å². The Labute approximate surface area is 331 Å². The van der Waals surface area contributed by atoms with E-state index in [1.54, 1.807) is 0 Å². The predicted octanol–water partition coefficient (Wildman–Crippen LogP) is 15.1. The second kappa shape index (κ2) is 12.4. The van der Waals surface area contributed by atoms with Crippen molar-refractivity contribution < 1.29 is 0 Å². The van der Waals surface area contributed by atoms with Crippen molar-refractivity contribution in [1.29, 1.82) is 0 Å². The molecule has 0 heterocycles. The van der Waals surface area contributed by atoms with Gasteiger partial charge in [-0.3, -0.25) is 0 Å². The highest BCUT2D eigenvalue weighted by Gasteiger charge is 2.46. The Morgan fingerprint density at radius 2 is 0.632 bits per heavy atom. The van der Waals surface area contributed by atoms with Gasteiger partial charge in [-0.05, 0) is 128 Å². The fraction of sp³-hybridized carbons (Fsp3) is 0.0175. The number of fused-ring (bicyclic) bond motifs is 14. The topological polar surface area (TPSA) is 0 Å². The maximum atomic E-state index is 2.49. The van der Waals surface area contributed by atoms with Gasteiger partial charge in [-0.2, -0.15) is 0 Å². The molecular weight excluding hydrogens is 685 g/mol. The lowest BCUT2D eigenvalue weighted by Crippen LogP contribution is -2.28. The summed E-state index contributed by atoms with van der Waals surface area (Å²) < 4.78 is 0. The van der Waals surface area contributed by atoms with Crippen LogP contribution in [-0.4, -0.2) is 0 Å². The summed E-state index contributed by atoms with van der Waals surface area (Å²) in [5, 5.41) is 12.9. The summed E-state index contributed by atoms with van der Waals surface area (Å²) in [4.78, 5) is 0. The van der Waals surface area contributed by atoms with Gasteiger partial charge in [-0.1, -0.05) is 200 Å². The fourth-order valence-electron chi connectivity index (χ4n) is 10.3. The normalized spacial score (nSPS) is 13.1. The summed E-state index contributed by atoms with van der Waals surface area (Å²) in [6.45, 7) is 0. The van der Waals surface area contributed by atoms with Gasteiger partial charge in [0.25, 0.3) is 0 Å². The molecule has 0 saturated heterocycles. The Morgan fingerprint density at radius 1 is 0.228 bits per heavy atom. The average Bonchev–Trinajstić information content (AvgIpc) is 3.59. The molecule has 0 unspecified atom stereocenters. The molecule has 0 radical (unpaired) electrons. The van der Waals surface area contributed by atoms with E-state index in [4.69, 9.17) is 0 Å². The van der Waals surface area contributed by atoms with E-state index < -0.39 is 5.41 Å². The lowest BCUT2D eigenvalue weighted by Gasteiger charge is -2.34. The van der Waals surface area contributed by atoms with E-state index in [0.29, 0.717) is 0 Å². The van der Waals surface area contributed by atoms with Crippen LogP contribution in [0, 0.1) is 0 Å². The SMILES string of the molecule is c1ccc(-c2ccc3c4ccc(-c5ccc6c(c5)C(c5ccccc5)(c5ccccc5)c5ccccc5-6)cc4c4c5ccccc5c5ccccc5c4c3c2)cc1. The predicted molar refractivity (Wildman–Crippen MR) is 242 cm³/mol. The largest absolute Gasteiger partial charge is 0.0713 e. The summed E-state index contributed by atoms with van der Waals surface area (Å²) >= 11 is 0. The zero-order valence-electron chi connectivity index (χ0n) is 31.3. The van der Waals surface area contributed by atoms with Crippen molar-refractivity contribution in [3.8, 4) is 33.4 Å². The molecule has 264 valence electrons. The highest BCUT2D eigenvalue weighted by Crippen LogP contribution is 2.57. The van der Waals surface area contributed by atoms with Gasteiger partial charge in [0.2, 0.25) is 0 Å². The molecule has 1 aliphatic carbocycles. The fourth-order valence-corrected chi connectivity index (χ4v) is 10.3. The Bertz CT molecular complexity index is 3340. The lowest BCUT2D eigenvalue weighted by molar-refractivity contribution is 0.769. The molecular formula is C57H36. The van der Waals surface area contributed by atoms with Gasteiger partial charge >= 0.3 is 0 Å². The molecule has 0 nitrogen and oxygen atoms in total. The monoisotopic (exact) mass is 720 g/mol. The first kappa shape index (κ1) is 32.0. The second-order valence-corrected chi connectivity index (χ2v) is 15.5. The van der Waals surface area contributed by atoms with Crippen LogP contribution < -0.4 is 0 Å². The van der Waals surface area contributed by atoms with Crippen molar-refractivity contribution >= 4 is 53.9 Å². The molecule has 0 amide bonds. The van der Waals surface area contributed by atoms with Gasteiger partial charge in [0.15, 0.2) is 0 Å². The molecule has 0 N–H and O–H groups in total. The first-order valence-corrected chi connectivity index (χ1v) is 19.9. The zero-order valence-corrected chi connectivity index (χ0v) is 31.3. The smallest absolute Gasteiger partial charge is 0.0622 e. The van der Waals surface area contributed by atoms with Gasteiger partial charge in [-0.15, -0.1) is 0 Å². The van der Waals surface area contributed by atoms with Gasteiger partial charge in [0.05, 0.1) is 5.41 Å². The van der Waals surface area contributed by atoms with Gasteiger partial charge < -0.3 is 0 Å². The maximum absolute atomic E-state index is 2.49. The Balaban J connectivity index is 1.18. The van der Waals surface area contributed by atoms with Crippen LogP contribution in [0.15, 0.2) is 218 Å². The van der Waals surface area contributed by atoms with E-state index in [-0.39, 0.29) is 0 Å². The molecule has 11 aromatic rings. The Morgan fingerprint density at radius 3 is 1.21 bits per heavy atom.